The first-order chi connectivity index (χ1) is 12.1. The van der Waals surface area contributed by atoms with Gasteiger partial charge in [0.2, 0.25) is 11.8 Å². The Balaban J connectivity index is 1.35. The molecule has 3 N–H and O–H groups in total. The number of aliphatic hydroxyl groups is 1. The number of aliphatic hydroxyl groups excluding tert-OH is 1. The van der Waals surface area contributed by atoms with E-state index in [2.05, 4.69) is 10.6 Å². The predicted molar refractivity (Wildman–Crippen MR) is 94.5 cm³/mol. The summed E-state index contributed by atoms with van der Waals surface area (Å²) in [7, 11) is 0. The number of aryl methyl sites for hydroxylation is 1. The third-order valence-electron chi connectivity index (χ3n) is 4.85. The first kappa shape index (κ1) is 17.7. The molecule has 0 bridgehead atoms. The number of hydrogen-bond donors (Lipinski definition) is 3. The lowest BCUT2D eigenvalue weighted by atomic mass is 9.93. The number of ether oxygens (including phenoxy) is 1. The van der Waals surface area contributed by atoms with Gasteiger partial charge in [-0.2, -0.15) is 0 Å². The second-order valence-electron chi connectivity index (χ2n) is 6.89. The number of nitrogens with one attached hydrogen (secondary N) is 2. The fourth-order valence-electron chi connectivity index (χ4n) is 3.39. The molecule has 1 aromatic rings. The zero-order chi connectivity index (χ0) is 17.6. The second-order valence-corrected chi connectivity index (χ2v) is 6.89. The van der Waals surface area contributed by atoms with Gasteiger partial charge in [-0.15, -0.1) is 0 Å². The first-order valence-electron chi connectivity index (χ1n) is 9.13. The van der Waals surface area contributed by atoms with Crippen molar-refractivity contribution in [3.8, 4) is 5.75 Å². The van der Waals surface area contributed by atoms with Gasteiger partial charge < -0.3 is 20.5 Å². The molecule has 1 saturated carbocycles. The van der Waals surface area contributed by atoms with Gasteiger partial charge in [-0.1, -0.05) is 0 Å². The van der Waals surface area contributed by atoms with Crippen LogP contribution in [-0.2, 0) is 16.0 Å². The predicted octanol–water partition coefficient (Wildman–Crippen LogP) is 2.15. The Morgan fingerprint density at radius 1 is 1.24 bits per heavy atom. The Morgan fingerprint density at radius 2 is 2.04 bits per heavy atom. The van der Waals surface area contributed by atoms with Crippen LogP contribution in [-0.4, -0.2) is 35.7 Å². The zero-order valence-electron chi connectivity index (χ0n) is 14.4. The monoisotopic (exact) mass is 346 g/mol. The summed E-state index contributed by atoms with van der Waals surface area (Å²) in [5, 5.41) is 15.4. The molecule has 2 aliphatic rings. The Hall–Kier alpha value is -2.08. The summed E-state index contributed by atoms with van der Waals surface area (Å²) in [5.74, 6) is 0.884. The van der Waals surface area contributed by atoms with Gasteiger partial charge in [-0.25, -0.2) is 0 Å². The van der Waals surface area contributed by atoms with Crippen molar-refractivity contribution in [2.45, 2.75) is 63.5 Å². The fourth-order valence-corrected chi connectivity index (χ4v) is 3.39. The highest BCUT2D eigenvalue weighted by Crippen LogP contribution is 2.26. The van der Waals surface area contributed by atoms with Gasteiger partial charge in [0.05, 0.1) is 12.7 Å². The third kappa shape index (κ3) is 5.19. The second kappa shape index (κ2) is 8.34. The number of carbonyl (C=O) groups excluding carboxylic acids is 2. The number of hydrogen-bond acceptors (Lipinski definition) is 4. The van der Waals surface area contributed by atoms with Crippen LogP contribution in [0.2, 0.25) is 0 Å². The topological polar surface area (TPSA) is 87.7 Å². The molecule has 2 amide bonds. The molecule has 3 rings (SSSR count). The lowest BCUT2D eigenvalue weighted by Crippen LogP contribution is -2.38. The molecule has 1 aliphatic heterocycles. The number of carbonyl (C=O) groups is 2. The molecule has 25 heavy (non-hydrogen) atoms. The van der Waals surface area contributed by atoms with Gasteiger partial charge in [0, 0.05) is 24.6 Å². The third-order valence-corrected chi connectivity index (χ3v) is 4.85. The van der Waals surface area contributed by atoms with E-state index in [1.54, 1.807) is 0 Å². The van der Waals surface area contributed by atoms with Crippen molar-refractivity contribution in [3.05, 3.63) is 23.8 Å². The van der Waals surface area contributed by atoms with Crippen LogP contribution in [0.1, 0.15) is 50.5 Å². The molecular weight excluding hydrogens is 320 g/mol. The summed E-state index contributed by atoms with van der Waals surface area (Å²) in [6.45, 7) is 0.488. The van der Waals surface area contributed by atoms with Gasteiger partial charge in [0.15, 0.2) is 0 Å². The van der Waals surface area contributed by atoms with Crippen LogP contribution in [0, 0.1) is 0 Å². The van der Waals surface area contributed by atoms with Gasteiger partial charge in [-0.05, 0) is 62.3 Å². The average Bonchev–Trinajstić information content (AvgIpc) is 2.61. The van der Waals surface area contributed by atoms with E-state index >= 15 is 0 Å². The van der Waals surface area contributed by atoms with Crippen LogP contribution in [0.4, 0.5) is 5.69 Å². The quantitative estimate of drug-likeness (QED) is 0.689. The van der Waals surface area contributed by atoms with Crippen LogP contribution in [0.3, 0.4) is 0 Å². The molecule has 6 heteroatoms. The summed E-state index contributed by atoms with van der Waals surface area (Å²) in [5.41, 5.74) is 1.95. The Morgan fingerprint density at radius 3 is 2.84 bits per heavy atom. The number of benzene rings is 1. The Bertz CT molecular complexity index is 624. The summed E-state index contributed by atoms with van der Waals surface area (Å²) in [6, 6.07) is 5.87. The molecule has 0 atom stereocenters. The van der Waals surface area contributed by atoms with Crippen molar-refractivity contribution in [1.29, 1.82) is 0 Å². The highest BCUT2D eigenvalue weighted by atomic mass is 16.5. The molecule has 0 spiro atoms. The SMILES string of the molecule is O=C1CCc2cc(OCCCC(=O)NC3CCC(O)CC3)ccc2N1. The minimum absolute atomic E-state index is 0.0538. The summed E-state index contributed by atoms with van der Waals surface area (Å²) in [6.07, 6.45) is 5.40. The molecule has 136 valence electrons. The fraction of sp³-hybridized carbons (Fsp3) is 0.579. The largest absolute Gasteiger partial charge is 0.494 e. The van der Waals surface area contributed by atoms with Gasteiger partial charge in [-0.3, -0.25) is 9.59 Å². The maximum atomic E-state index is 12.0. The van der Waals surface area contributed by atoms with E-state index in [1.165, 1.54) is 0 Å². The molecular formula is C19H26N2O4. The smallest absolute Gasteiger partial charge is 0.224 e. The van der Waals surface area contributed by atoms with Crippen LogP contribution in [0.25, 0.3) is 0 Å². The van der Waals surface area contributed by atoms with Crippen molar-refractivity contribution < 1.29 is 19.4 Å². The van der Waals surface area contributed by atoms with E-state index in [0.29, 0.717) is 25.9 Å². The molecule has 0 radical (unpaired) electrons. The van der Waals surface area contributed by atoms with Crippen LogP contribution >= 0.6 is 0 Å². The summed E-state index contributed by atoms with van der Waals surface area (Å²) in [4.78, 5) is 23.3. The lowest BCUT2D eigenvalue weighted by Gasteiger charge is -2.26. The number of fused-ring (bicyclic) bond motifs is 1. The molecule has 1 aliphatic carbocycles. The highest BCUT2D eigenvalue weighted by Gasteiger charge is 2.20. The van der Waals surface area contributed by atoms with Crippen molar-refractivity contribution in [2.24, 2.45) is 0 Å². The normalized spacial score (nSPS) is 22.7. The molecule has 6 nitrogen and oxygen atoms in total. The average molecular weight is 346 g/mol. The number of amides is 2. The van der Waals surface area contributed by atoms with E-state index < -0.39 is 0 Å². The number of rotatable bonds is 6. The molecule has 0 unspecified atom stereocenters. The molecule has 0 saturated heterocycles. The Kier molecular flexibility index (Phi) is 5.91. The van der Waals surface area contributed by atoms with E-state index in [-0.39, 0.29) is 24.0 Å². The van der Waals surface area contributed by atoms with Gasteiger partial charge in [0.1, 0.15) is 5.75 Å². The summed E-state index contributed by atoms with van der Waals surface area (Å²) < 4.78 is 5.73. The molecule has 1 heterocycles. The zero-order valence-corrected chi connectivity index (χ0v) is 14.4. The maximum Gasteiger partial charge on any atom is 0.224 e. The minimum Gasteiger partial charge on any atom is -0.494 e. The van der Waals surface area contributed by atoms with Crippen LogP contribution in [0.15, 0.2) is 18.2 Å². The van der Waals surface area contributed by atoms with Gasteiger partial charge in [0.25, 0.3) is 0 Å². The minimum atomic E-state index is -0.202. The van der Waals surface area contributed by atoms with Crippen molar-refractivity contribution in [1.82, 2.24) is 5.32 Å². The van der Waals surface area contributed by atoms with Crippen molar-refractivity contribution in [3.63, 3.8) is 0 Å². The van der Waals surface area contributed by atoms with Crippen LogP contribution < -0.4 is 15.4 Å². The lowest BCUT2D eigenvalue weighted by molar-refractivity contribution is -0.122. The molecule has 0 aromatic heterocycles. The van der Waals surface area contributed by atoms with Crippen LogP contribution in [0.5, 0.6) is 5.75 Å². The number of anilines is 1. The molecule has 1 aromatic carbocycles. The van der Waals surface area contributed by atoms with Crippen molar-refractivity contribution in [2.75, 3.05) is 11.9 Å². The molecule has 1 fully saturated rings. The van der Waals surface area contributed by atoms with E-state index in [1.807, 2.05) is 18.2 Å². The van der Waals surface area contributed by atoms with E-state index in [4.69, 9.17) is 4.74 Å². The Labute approximate surface area is 147 Å². The van der Waals surface area contributed by atoms with Crippen molar-refractivity contribution >= 4 is 17.5 Å². The van der Waals surface area contributed by atoms with E-state index in [0.717, 1.165) is 49.1 Å². The van der Waals surface area contributed by atoms with Gasteiger partial charge >= 0.3 is 0 Å². The summed E-state index contributed by atoms with van der Waals surface area (Å²) >= 11 is 0. The standard InChI is InChI=1S/C19H26N2O4/c22-15-6-4-14(5-7-15)20-18(23)2-1-11-25-16-8-9-17-13(12-16)3-10-19(24)21-17/h8-9,12,14-15,22H,1-7,10-11H2,(H,20,23)(H,21,24). The maximum absolute atomic E-state index is 12.0. The highest BCUT2D eigenvalue weighted by molar-refractivity contribution is 5.94. The van der Waals surface area contributed by atoms with E-state index in [9.17, 15) is 14.7 Å². The first-order valence-corrected chi connectivity index (χ1v) is 9.13.